The van der Waals surface area contributed by atoms with Gasteiger partial charge < -0.3 is 4.74 Å². The van der Waals surface area contributed by atoms with E-state index >= 15 is 0 Å². The lowest BCUT2D eigenvalue weighted by Crippen LogP contribution is -2.03. The Morgan fingerprint density at radius 3 is 3.21 bits per heavy atom. The second-order valence-corrected chi connectivity index (χ2v) is 3.63. The molecule has 4 heteroatoms. The van der Waals surface area contributed by atoms with E-state index in [-0.39, 0.29) is 5.97 Å². The minimum Gasteiger partial charge on any atom is -0.462 e. The highest BCUT2D eigenvalue weighted by Gasteiger charge is 2.07. The topological polar surface area (TPSA) is 39.2 Å². The van der Waals surface area contributed by atoms with E-state index in [0.717, 1.165) is 10.1 Å². The Hall–Kier alpha value is -1.42. The number of fused-ring (bicyclic) bond motifs is 1. The average molecular weight is 207 g/mol. The molecule has 0 saturated carbocycles. The third kappa shape index (κ3) is 1.61. The molecule has 0 N–H and O–H groups in total. The Bertz CT molecular complexity index is 464. The normalized spacial score (nSPS) is 10.4. The van der Waals surface area contributed by atoms with Crippen molar-refractivity contribution in [3.8, 4) is 0 Å². The summed E-state index contributed by atoms with van der Waals surface area (Å²) in [5.41, 5.74) is 0.587. The van der Waals surface area contributed by atoms with Gasteiger partial charge >= 0.3 is 5.97 Å². The van der Waals surface area contributed by atoms with Crippen LogP contribution in [0.25, 0.3) is 10.1 Å². The molecule has 1 heterocycles. The van der Waals surface area contributed by atoms with Crippen molar-refractivity contribution < 1.29 is 9.53 Å². The van der Waals surface area contributed by atoms with Gasteiger partial charge in [-0.3, -0.25) is 0 Å². The van der Waals surface area contributed by atoms with Gasteiger partial charge in [0.1, 0.15) is 0 Å². The van der Waals surface area contributed by atoms with E-state index in [1.54, 1.807) is 19.2 Å². The zero-order chi connectivity index (χ0) is 9.97. The zero-order valence-electron chi connectivity index (χ0n) is 7.69. The van der Waals surface area contributed by atoms with Gasteiger partial charge in [-0.05, 0) is 30.6 Å². The fourth-order valence-electron chi connectivity index (χ4n) is 1.20. The Balaban J connectivity index is 2.38. The predicted molar refractivity (Wildman–Crippen MR) is 55.6 cm³/mol. The van der Waals surface area contributed by atoms with Crippen molar-refractivity contribution in [1.82, 2.24) is 4.37 Å². The van der Waals surface area contributed by atoms with Crippen molar-refractivity contribution in [2.24, 2.45) is 0 Å². The molecule has 0 bridgehead atoms. The lowest BCUT2D eigenvalue weighted by Gasteiger charge is -2.00. The number of ether oxygens (including phenoxy) is 1. The highest BCUT2D eigenvalue weighted by atomic mass is 32.1. The molecule has 1 aromatic heterocycles. The van der Waals surface area contributed by atoms with Gasteiger partial charge in [0.05, 0.1) is 16.9 Å². The fourth-order valence-corrected chi connectivity index (χ4v) is 1.89. The standard InChI is InChI=1S/C10H9NO2S/c1-2-13-10(12)7-3-4-8-6-11-14-9(8)5-7/h3-6H,2H2,1H3. The van der Waals surface area contributed by atoms with Gasteiger partial charge in [-0.1, -0.05) is 6.07 Å². The highest BCUT2D eigenvalue weighted by Crippen LogP contribution is 2.19. The average Bonchev–Trinajstić information content (AvgIpc) is 2.64. The van der Waals surface area contributed by atoms with Gasteiger partial charge in [-0.15, -0.1) is 0 Å². The Kier molecular flexibility index (Phi) is 2.45. The van der Waals surface area contributed by atoms with E-state index in [0.29, 0.717) is 12.2 Å². The lowest BCUT2D eigenvalue weighted by molar-refractivity contribution is 0.0526. The summed E-state index contributed by atoms with van der Waals surface area (Å²) < 4.78 is 9.95. The maximum Gasteiger partial charge on any atom is 0.338 e. The van der Waals surface area contributed by atoms with Gasteiger partial charge in [0.2, 0.25) is 0 Å². The molecular weight excluding hydrogens is 198 g/mol. The lowest BCUT2D eigenvalue weighted by atomic mass is 10.2. The first-order valence-electron chi connectivity index (χ1n) is 4.33. The first kappa shape index (κ1) is 9.15. The van der Waals surface area contributed by atoms with Crippen molar-refractivity contribution in [3.63, 3.8) is 0 Å². The smallest absolute Gasteiger partial charge is 0.338 e. The number of carbonyl (C=O) groups is 1. The van der Waals surface area contributed by atoms with Crippen LogP contribution in [0.2, 0.25) is 0 Å². The largest absolute Gasteiger partial charge is 0.462 e. The molecule has 0 aliphatic heterocycles. The van der Waals surface area contributed by atoms with E-state index in [1.807, 2.05) is 12.1 Å². The van der Waals surface area contributed by atoms with Crippen LogP contribution < -0.4 is 0 Å². The van der Waals surface area contributed by atoms with Crippen LogP contribution in [0.4, 0.5) is 0 Å². The summed E-state index contributed by atoms with van der Waals surface area (Å²) in [4.78, 5) is 11.4. The summed E-state index contributed by atoms with van der Waals surface area (Å²) in [6, 6.07) is 5.45. The second kappa shape index (κ2) is 3.75. The number of carbonyl (C=O) groups excluding carboxylic acids is 1. The van der Waals surface area contributed by atoms with Crippen molar-refractivity contribution in [3.05, 3.63) is 30.0 Å². The molecule has 0 aliphatic carbocycles. The van der Waals surface area contributed by atoms with Gasteiger partial charge in [-0.25, -0.2) is 4.79 Å². The van der Waals surface area contributed by atoms with Crippen LogP contribution in [0.15, 0.2) is 24.4 Å². The van der Waals surface area contributed by atoms with Crippen LogP contribution in [0.5, 0.6) is 0 Å². The number of hydrogen-bond donors (Lipinski definition) is 0. The van der Waals surface area contributed by atoms with E-state index in [4.69, 9.17) is 4.74 Å². The van der Waals surface area contributed by atoms with Crippen molar-refractivity contribution in [2.75, 3.05) is 6.61 Å². The molecule has 0 fully saturated rings. The molecule has 2 aromatic rings. The SMILES string of the molecule is CCOC(=O)c1ccc2cnsc2c1. The minimum absolute atomic E-state index is 0.275. The Morgan fingerprint density at radius 2 is 2.43 bits per heavy atom. The molecule has 0 amide bonds. The summed E-state index contributed by atoms with van der Waals surface area (Å²) >= 11 is 1.38. The van der Waals surface area contributed by atoms with Crippen molar-refractivity contribution in [2.45, 2.75) is 6.92 Å². The molecule has 0 spiro atoms. The molecule has 0 unspecified atom stereocenters. The van der Waals surface area contributed by atoms with E-state index in [2.05, 4.69) is 4.37 Å². The first-order valence-corrected chi connectivity index (χ1v) is 5.10. The summed E-state index contributed by atoms with van der Waals surface area (Å²) in [6.45, 7) is 2.20. The number of rotatable bonds is 2. The predicted octanol–water partition coefficient (Wildman–Crippen LogP) is 2.47. The molecular formula is C10H9NO2S. The van der Waals surface area contributed by atoms with Gasteiger partial charge in [0.25, 0.3) is 0 Å². The monoisotopic (exact) mass is 207 g/mol. The molecule has 3 nitrogen and oxygen atoms in total. The number of benzene rings is 1. The highest BCUT2D eigenvalue weighted by molar-refractivity contribution is 7.13. The quantitative estimate of drug-likeness (QED) is 0.710. The summed E-state index contributed by atoms with van der Waals surface area (Å²) in [5, 5.41) is 1.06. The van der Waals surface area contributed by atoms with Crippen LogP contribution >= 0.6 is 11.5 Å². The van der Waals surface area contributed by atoms with Gasteiger partial charge in [0, 0.05) is 11.6 Å². The molecule has 2 rings (SSSR count). The van der Waals surface area contributed by atoms with E-state index in [1.165, 1.54) is 11.5 Å². The van der Waals surface area contributed by atoms with Crippen LogP contribution in [-0.2, 0) is 4.74 Å². The molecule has 0 aliphatic rings. The maximum absolute atomic E-state index is 11.4. The van der Waals surface area contributed by atoms with Crippen LogP contribution in [-0.4, -0.2) is 16.9 Å². The Labute approximate surface area is 85.5 Å². The van der Waals surface area contributed by atoms with Crippen molar-refractivity contribution in [1.29, 1.82) is 0 Å². The maximum atomic E-state index is 11.4. The number of aromatic nitrogens is 1. The third-order valence-corrected chi connectivity index (χ3v) is 2.63. The molecule has 1 aromatic carbocycles. The number of esters is 1. The van der Waals surface area contributed by atoms with Crippen LogP contribution in [0.1, 0.15) is 17.3 Å². The first-order chi connectivity index (χ1) is 6.81. The Morgan fingerprint density at radius 1 is 1.57 bits per heavy atom. The molecule has 0 atom stereocenters. The molecule has 14 heavy (non-hydrogen) atoms. The van der Waals surface area contributed by atoms with Crippen LogP contribution in [0, 0.1) is 0 Å². The van der Waals surface area contributed by atoms with Crippen LogP contribution in [0.3, 0.4) is 0 Å². The molecule has 0 saturated heterocycles. The summed E-state index contributed by atoms with van der Waals surface area (Å²) in [5.74, 6) is -0.275. The summed E-state index contributed by atoms with van der Waals surface area (Å²) in [7, 11) is 0. The number of hydrogen-bond acceptors (Lipinski definition) is 4. The second-order valence-electron chi connectivity index (χ2n) is 2.80. The minimum atomic E-state index is -0.275. The fraction of sp³-hybridized carbons (Fsp3) is 0.200. The van der Waals surface area contributed by atoms with E-state index in [9.17, 15) is 4.79 Å². The zero-order valence-corrected chi connectivity index (χ0v) is 8.50. The third-order valence-electron chi connectivity index (χ3n) is 1.87. The van der Waals surface area contributed by atoms with Gasteiger partial charge in [-0.2, -0.15) is 4.37 Å². The van der Waals surface area contributed by atoms with Gasteiger partial charge in [0.15, 0.2) is 0 Å². The summed E-state index contributed by atoms with van der Waals surface area (Å²) in [6.07, 6.45) is 1.79. The molecule has 0 radical (unpaired) electrons. The number of nitrogens with zero attached hydrogens (tertiary/aromatic N) is 1. The van der Waals surface area contributed by atoms with Crippen molar-refractivity contribution >= 4 is 27.6 Å². The molecule has 72 valence electrons. The van der Waals surface area contributed by atoms with E-state index < -0.39 is 0 Å².